The molecule has 0 atom stereocenters. The number of rotatable bonds is 4. The molecule has 0 nitrogen and oxygen atoms in total. The highest BCUT2D eigenvalue weighted by atomic mass is 32.2. The molecule has 4 aromatic carbocycles. The van der Waals surface area contributed by atoms with Gasteiger partial charge in [0.15, 0.2) is 0 Å². The van der Waals surface area contributed by atoms with Crippen molar-refractivity contribution in [2.75, 3.05) is 0 Å². The highest BCUT2D eigenvalue weighted by Crippen LogP contribution is 2.24. The van der Waals surface area contributed by atoms with Crippen LogP contribution in [0, 0.1) is 0 Å². The van der Waals surface area contributed by atoms with Gasteiger partial charge in [-0.25, -0.2) is 0 Å². The molecule has 0 unspecified atom stereocenters. The molecule has 0 amide bonds. The summed E-state index contributed by atoms with van der Waals surface area (Å²) in [5.74, 6) is 0. The van der Waals surface area contributed by atoms with Crippen LogP contribution in [-0.2, 0) is 0 Å². The third kappa shape index (κ3) is 3.80. The third-order valence-corrected chi connectivity index (χ3v) is 7.59. The van der Waals surface area contributed by atoms with E-state index in [4.69, 9.17) is 0 Å². The van der Waals surface area contributed by atoms with Crippen LogP contribution in [0.5, 0.6) is 0 Å². The molecule has 2 heteroatoms. The third-order valence-electron chi connectivity index (χ3n) is 5.03. The molecule has 0 saturated carbocycles. The van der Waals surface area contributed by atoms with Crippen LogP contribution in [0.15, 0.2) is 121 Å². The highest BCUT2D eigenvalue weighted by Gasteiger charge is 2.12. The standard InChI is InChI=1S/C28H20S2/c1-5-13-21(14-6-1)25(22-15-7-2-8-16-22)27-29-28(30-27)26(23-17-9-3-10-18-23)24-19-11-4-12-20-24/h1-20H. The molecule has 0 spiro atoms. The van der Waals surface area contributed by atoms with Crippen molar-refractivity contribution in [3.05, 3.63) is 151 Å². The van der Waals surface area contributed by atoms with Crippen molar-refractivity contribution in [2.45, 2.75) is 0 Å². The summed E-state index contributed by atoms with van der Waals surface area (Å²) in [6, 6.07) is 42.8. The van der Waals surface area contributed by atoms with Crippen LogP contribution in [0.2, 0.25) is 0 Å². The number of hydrogen-bond acceptors (Lipinski definition) is 2. The van der Waals surface area contributed by atoms with E-state index in [1.165, 1.54) is 41.1 Å². The number of hydrogen-bond donors (Lipinski definition) is 0. The minimum atomic E-state index is 1.26. The van der Waals surface area contributed by atoms with Gasteiger partial charge in [-0.05, 0) is 22.3 Å². The molecule has 0 aliphatic carbocycles. The number of benzene rings is 4. The molecule has 0 saturated heterocycles. The van der Waals surface area contributed by atoms with Gasteiger partial charge in [0.2, 0.25) is 0 Å². The SMILES string of the molecule is c1ccc(C(c2ccccc2)=c2sc(=C(c3ccccc3)c3ccccc3)s2)cc1. The smallest absolute Gasteiger partial charge is 0.0906 e. The van der Waals surface area contributed by atoms with E-state index in [0.29, 0.717) is 0 Å². The van der Waals surface area contributed by atoms with E-state index in [0.717, 1.165) is 0 Å². The van der Waals surface area contributed by atoms with Crippen LogP contribution in [-0.4, -0.2) is 0 Å². The lowest BCUT2D eigenvalue weighted by molar-refractivity contribution is 1.53. The van der Waals surface area contributed by atoms with Crippen molar-refractivity contribution in [1.29, 1.82) is 0 Å². The van der Waals surface area contributed by atoms with Crippen molar-refractivity contribution in [3.63, 3.8) is 0 Å². The minimum absolute atomic E-state index is 1.26. The summed E-state index contributed by atoms with van der Waals surface area (Å²) in [7, 11) is 0. The quantitative estimate of drug-likeness (QED) is 0.320. The lowest BCUT2D eigenvalue weighted by Crippen LogP contribution is -2.18. The second-order valence-electron chi connectivity index (χ2n) is 6.99. The summed E-state index contributed by atoms with van der Waals surface area (Å²) < 4.78 is 2.71. The van der Waals surface area contributed by atoms with Crippen molar-refractivity contribution in [2.24, 2.45) is 0 Å². The zero-order valence-electron chi connectivity index (χ0n) is 16.4. The molecular formula is C28H20S2. The maximum Gasteiger partial charge on any atom is 0.0906 e. The van der Waals surface area contributed by atoms with E-state index in [1.54, 1.807) is 0 Å². The van der Waals surface area contributed by atoms with Crippen molar-refractivity contribution in [3.8, 4) is 0 Å². The van der Waals surface area contributed by atoms with Crippen LogP contribution in [0.4, 0.5) is 0 Å². The van der Waals surface area contributed by atoms with Crippen LogP contribution in [0.1, 0.15) is 22.3 Å². The first-order chi connectivity index (χ1) is 14.9. The van der Waals surface area contributed by atoms with Crippen LogP contribution in [0.25, 0.3) is 11.1 Å². The van der Waals surface area contributed by atoms with E-state index in [9.17, 15) is 0 Å². The molecular weight excluding hydrogens is 400 g/mol. The molecule has 0 radical (unpaired) electrons. The summed E-state index contributed by atoms with van der Waals surface area (Å²) in [4.78, 5) is 0. The Balaban J connectivity index is 1.77. The Kier molecular flexibility index (Phi) is 5.43. The van der Waals surface area contributed by atoms with Gasteiger partial charge in [-0.2, -0.15) is 0 Å². The van der Waals surface area contributed by atoms with Crippen LogP contribution < -0.4 is 7.69 Å². The fraction of sp³-hybridized carbons (Fsp3) is 0. The van der Waals surface area contributed by atoms with E-state index in [2.05, 4.69) is 121 Å². The average Bonchev–Trinajstić information content (AvgIpc) is 2.80. The Labute approximate surface area is 184 Å². The zero-order chi connectivity index (χ0) is 20.2. The summed E-state index contributed by atoms with van der Waals surface area (Å²) in [5.41, 5.74) is 7.68. The summed E-state index contributed by atoms with van der Waals surface area (Å²) in [6.45, 7) is 0. The van der Waals surface area contributed by atoms with E-state index < -0.39 is 0 Å². The van der Waals surface area contributed by atoms with Gasteiger partial charge in [-0.3, -0.25) is 0 Å². The Morgan fingerprint density at radius 2 is 0.567 bits per heavy atom. The summed E-state index contributed by atoms with van der Waals surface area (Å²) in [6.07, 6.45) is 0. The average molecular weight is 421 g/mol. The van der Waals surface area contributed by atoms with Gasteiger partial charge in [0.05, 0.1) is 7.69 Å². The van der Waals surface area contributed by atoms with Crippen molar-refractivity contribution in [1.82, 2.24) is 0 Å². The monoisotopic (exact) mass is 420 g/mol. The largest absolute Gasteiger partial charge is 0.113 e. The van der Waals surface area contributed by atoms with Crippen LogP contribution in [0.3, 0.4) is 0 Å². The van der Waals surface area contributed by atoms with Gasteiger partial charge in [-0.1, -0.05) is 121 Å². The van der Waals surface area contributed by atoms with Gasteiger partial charge in [0.1, 0.15) is 0 Å². The lowest BCUT2D eigenvalue weighted by atomic mass is 10.00. The Morgan fingerprint density at radius 3 is 0.800 bits per heavy atom. The van der Waals surface area contributed by atoms with Crippen molar-refractivity contribution >= 4 is 33.8 Å². The Hall–Kier alpha value is -3.20. The summed E-state index contributed by atoms with van der Waals surface area (Å²) in [5, 5.41) is 0. The molecule has 0 bridgehead atoms. The van der Waals surface area contributed by atoms with E-state index >= 15 is 0 Å². The minimum Gasteiger partial charge on any atom is -0.113 e. The lowest BCUT2D eigenvalue weighted by Gasteiger charge is -2.12. The normalized spacial score (nSPS) is 10.7. The fourth-order valence-electron chi connectivity index (χ4n) is 3.60. The maximum atomic E-state index is 2.20. The second-order valence-corrected chi connectivity index (χ2v) is 9.55. The molecule has 0 aliphatic rings. The zero-order valence-corrected chi connectivity index (χ0v) is 18.0. The predicted molar refractivity (Wildman–Crippen MR) is 130 cm³/mol. The van der Waals surface area contributed by atoms with E-state index in [-0.39, 0.29) is 0 Å². The predicted octanol–water partition coefficient (Wildman–Crippen LogP) is 6.30. The van der Waals surface area contributed by atoms with Gasteiger partial charge in [0, 0.05) is 11.1 Å². The molecule has 5 rings (SSSR count). The molecule has 1 aromatic heterocycles. The van der Waals surface area contributed by atoms with Crippen LogP contribution >= 0.6 is 22.7 Å². The van der Waals surface area contributed by atoms with Crippen molar-refractivity contribution < 1.29 is 0 Å². The molecule has 1 heterocycles. The first kappa shape index (κ1) is 18.8. The first-order valence-electron chi connectivity index (χ1n) is 9.96. The van der Waals surface area contributed by atoms with Gasteiger partial charge < -0.3 is 0 Å². The maximum absolute atomic E-state index is 2.20. The van der Waals surface area contributed by atoms with Gasteiger partial charge in [-0.15, -0.1) is 22.7 Å². The Bertz CT molecular complexity index is 1140. The van der Waals surface area contributed by atoms with Gasteiger partial charge in [0.25, 0.3) is 0 Å². The fourth-order valence-corrected chi connectivity index (χ4v) is 6.06. The molecule has 30 heavy (non-hydrogen) atoms. The molecule has 144 valence electrons. The second kappa shape index (κ2) is 8.66. The summed E-state index contributed by atoms with van der Waals surface area (Å²) >= 11 is 3.78. The Morgan fingerprint density at radius 1 is 0.333 bits per heavy atom. The van der Waals surface area contributed by atoms with E-state index in [1.807, 2.05) is 22.7 Å². The van der Waals surface area contributed by atoms with Gasteiger partial charge >= 0.3 is 0 Å². The molecule has 0 fully saturated rings. The first-order valence-corrected chi connectivity index (χ1v) is 11.6. The highest BCUT2D eigenvalue weighted by molar-refractivity contribution is 7.36. The molecule has 0 N–H and O–H groups in total. The molecule has 0 aliphatic heterocycles. The molecule has 5 aromatic rings. The topological polar surface area (TPSA) is 0 Å².